The van der Waals surface area contributed by atoms with E-state index in [4.69, 9.17) is 0 Å². The van der Waals surface area contributed by atoms with Crippen molar-refractivity contribution in [1.29, 1.82) is 0 Å². The summed E-state index contributed by atoms with van der Waals surface area (Å²) >= 11 is 0. The Bertz CT molecular complexity index is 5550. The van der Waals surface area contributed by atoms with Crippen LogP contribution in [-0.2, 0) is 29.5 Å². The van der Waals surface area contributed by atoms with Gasteiger partial charge in [-0.2, -0.15) is 15.3 Å². The quantitative estimate of drug-likeness (QED) is 0.0716. The molecule has 98 heavy (non-hydrogen) atoms. The summed E-state index contributed by atoms with van der Waals surface area (Å²) in [4.78, 5) is 93.0. The van der Waals surface area contributed by atoms with Gasteiger partial charge in [0.15, 0.2) is 34.0 Å². The van der Waals surface area contributed by atoms with E-state index in [0.717, 1.165) is 50.9 Å². The van der Waals surface area contributed by atoms with Crippen LogP contribution < -0.4 is 41.7 Å². The number of pyridine rings is 6. The van der Waals surface area contributed by atoms with E-state index in [1.807, 2.05) is 0 Å². The SMILES string of the molecule is O=C(NC1CC1)c1nn(-c2cccc(S(=O)(=O)c3ccc[n+](O)c3)c2)c2ncccc2c1=O.O=C(NC1CC1)c1nn(-c2cccc(S(=O)(=O)c3ccc[n+](O)c3)c2)c2ncccc2c1=O.O=C(NC1CC1)c1nn(-c2cccc(S(=O)(=O)c3cccnc3)c2)c2ncccc2c1=O. The fourth-order valence-electron chi connectivity index (χ4n) is 10.1. The van der Waals surface area contributed by atoms with Crippen LogP contribution in [0.1, 0.15) is 70.0 Å². The first-order chi connectivity index (χ1) is 47.1. The summed E-state index contributed by atoms with van der Waals surface area (Å²) in [5.74, 6) is -1.72. The average Bonchev–Trinajstić information content (AvgIpc) is 1.19. The first kappa shape index (κ1) is 64.5. The van der Waals surface area contributed by atoms with Crippen LogP contribution in [0.4, 0.5) is 0 Å². The standard InChI is InChI=1S/2C22H17N5O5S.C22H17N5O4S/c2*28-20-18-7-2-10-23-21(18)27(25-19(20)22(29)24-14-8-9-14)15-4-1-5-16(12-15)33(31,32)17-6-3-11-26(30)13-17;28-20-18-7-3-11-24-21(18)27(26-19(20)22(29)25-14-8-9-14)15-4-1-5-16(12-15)32(30,31)17-6-2-10-23-13-17/h2*1-7,10-14H,8-9H2,(H-,24,29,30);1-7,10-14H,8-9H2,(H,25,29)/p+2. The number of aromatic nitrogens is 12. The summed E-state index contributed by atoms with van der Waals surface area (Å²) in [7, 11) is -11.8. The topological polar surface area (TPSA) is 394 Å². The minimum absolute atomic E-state index is 0.0246. The predicted octanol–water partition coefficient (Wildman–Crippen LogP) is 3.96. The Kier molecular flexibility index (Phi) is 17.3. The maximum absolute atomic E-state index is 13.1. The molecule has 0 aliphatic heterocycles. The highest BCUT2D eigenvalue weighted by Gasteiger charge is 2.32. The van der Waals surface area contributed by atoms with Gasteiger partial charge in [0.05, 0.1) is 52.8 Å². The highest BCUT2D eigenvalue weighted by Crippen LogP contribution is 2.28. The van der Waals surface area contributed by atoms with Crippen LogP contribution in [-0.4, -0.2) is 121 Å². The van der Waals surface area contributed by atoms with Crippen LogP contribution >= 0.6 is 0 Å². The van der Waals surface area contributed by atoms with Crippen LogP contribution in [0.15, 0.2) is 245 Å². The Morgan fingerprint density at radius 3 is 1.01 bits per heavy atom. The summed E-state index contributed by atoms with van der Waals surface area (Å²) in [6.45, 7) is 0. The molecule has 9 heterocycles. The van der Waals surface area contributed by atoms with Crippen molar-refractivity contribution < 1.29 is 59.5 Å². The number of nitrogens with one attached hydrogen (secondary N) is 3. The van der Waals surface area contributed by atoms with Crippen molar-refractivity contribution >= 4 is 80.3 Å². The molecule has 0 radical (unpaired) electrons. The molecule has 12 aromatic rings. The smallest absolute Gasteiger partial charge is 0.276 e. The lowest BCUT2D eigenvalue weighted by Gasteiger charge is -2.12. The number of rotatable bonds is 15. The Morgan fingerprint density at radius 2 is 0.704 bits per heavy atom. The van der Waals surface area contributed by atoms with Gasteiger partial charge in [0.25, 0.3) is 17.7 Å². The third-order valence-electron chi connectivity index (χ3n) is 15.5. The molecule has 3 aliphatic carbocycles. The molecule has 3 aromatic carbocycles. The van der Waals surface area contributed by atoms with Crippen molar-refractivity contribution in [2.45, 2.75) is 86.0 Å². The number of hydrogen-bond donors (Lipinski definition) is 5. The average molecular weight is 1380 g/mol. The van der Waals surface area contributed by atoms with E-state index in [0.29, 0.717) is 26.5 Å². The second-order valence-corrected chi connectivity index (χ2v) is 28.5. The lowest BCUT2D eigenvalue weighted by molar-refractivity contribution is -0.906. The second kappa shape index (κ2) is 26.2. The maximum Gasteiger partial charge on any atom is 0.276 e. The molecule has 0 bridgehead atoms. The molecule has 3 saturated carbocycles. The van der Waals surface area contributed by atoms with Gasteiger partial charge in [-0.05, 0) is 154 Å². The minimum Gasteiger partial charge on any atom is -0.348 e. The number of amides is 3. The van der Waals surface area contributed by atoms with Crippen molar-refractivity contribution in [2.24, 2.45) is 0 Å². The largest absolute Gasteiger partial charge is 0.348 e. The Labute approximate surface area is 554 Å². The molecule has 3 aliphatic rings. The van der Waals surface area contributed by atoms with Gasteiger partial charge in [-0.15, -0.1) is 0 Å². The fourth-order valence-corrected chi connectivity index (χ4v) is 14.0. The van der Waals surface area contributed by atoms with Crippen molar-refractivity contribution in [3.8, 4) is 17.1 Å². The van der Waals surface area contributed by atoms with E-state index in [9.17, 15) is 64.4 Å². The lowest BCUT2D eigenvalue weighted by atomic mass is 10.2. The number of fused-ring (bicyclic) bond motifs is 3. The lowest BCUT2D eigenvalue weighted by Crippen LogP contribution is -2.33. The van der Waals surface area contributed by atoms with Gasteiger partial charge in [0.1, 0.15) is 9.79 Å². The van der Waals surface area contributed by atoms with Crippen LogP contribution in [0.25, 0.3) is 50.2 Å². The van der Waals surface area contributed by atoms with Gasteiger partial charge in [-0.1, -0.05) is 18.2 Å². The number of nitrogens with zero attached hydrogens (tertiary/aromatic N) is 12. The molecule has 0 spiro atoms. The molecule has 3 fully saturated rings. The number of hydrogen-bond acceptors (Lipinski definition) is 21. The minimum atomic E-state index is -3.97. The Morgan fingerprint density at radius 1 is 0.398 bits per heavy atom. The monoisotopic (exact) mass is 1380 g/mol. The third-order valence-corrected chi connectivity index (χ3v) is 20.7. The van der Waals surface area contributed by atoms with Crippen molar-refractivity contribution in [3.63, 3.8) is 0 Å². The molecule has 0 saturated heterocycles. The first-order valence-electron chi connectivity index (χ1n) is 30.1. The molecule has 9 aromatic heterocycles. The van der Waals surface area contributed by atoms with Gasteiger partial charge in [0, 0.05) is 70.7 Å². The molecule has 0 unspecified atom stereocenters. The second-order valence-electron chi connectivity index (χ2n) is 22.7. The van der Waals surface area contributed by atoms with E-state index in [2.05, 4.69) is 51.2 Å². The number of carbonyl (C=O) groups is 3. The van der Waals surface area contributed by atoms with Crippen LogP contribution in [0, 0.1) is 0 Å². The first-order valence-corrected chi connectivity index (χ1v) is 34.5. The van der Waals surface area contributed by atoms with Crippen molar-refractivity contribution in [3.05, 3.63) is 249 Å². The molecular weight excluding hydrogens is 1320 g/mol. The third kappa shape index (κ3) is 13.3. The number of sulfone groups is 3. The highest BCUT2D eigenvalue weighted by molar-refractivity contribution is 7.92. The summed E-state index contributed by atoms with van der Waals surface area (Å²) in [5.41, 5.74) is -0.932. The maximum atomic E-state index is 13.1. The van der Waals surface area contributed by atoms with E-state index in [-0.39, 0.29) is 97.7 Å². The van der Waals surface area contributed by atoms with Crippen LogP contribution in [0.2, 0.25) is 0 Å². The molecule has 15 rings (SSSR count). The zero-order valence-corrected chi connectivity index (χ0v) is 53.4. The zero-order valence-electron chi connectivity index (χ0n) is 50.9. The summed E-state index contributed by atoms with van der Waals surface area (Å²) in [5, 5.41) is 40.9. The fraction of sp³-hybridized carbons (Fsp3) is 0.136. The van der Waals surface area contributed by atoms with Crippen LogP contribution in [0.3, 0.4) is 0 Å². The van der Waals surface area contributed by atoms with E-state index < -0.39 is 63.5 Å². The van der Waals surface area contributed by atoms with E-state index in [1.165, 1.54) is 136 Å². The number of carbonyl (C=O) groups excluding carboxylic acids is 3. The van der Waals surface area contributed by atoms with Crippen molar-refractivity contribution in [2.75, 3.05) is 0 Å². The Balaban J connectivity index is 0.000000132. The van der Waals surface area contributed by atoms with Gasteiger partial charge < -0.3 is 16.0 Å². The zero-order chi connectivity index (χ0) is 68.6. The summed E-state index contributed by atoms with van der Waals surface area (Å²) < 4.78 is 83.7. The molecule has 32 heteroatoms. The van der Waals surface area contributed by atoms with Gasteiger partial charge in [-0.25, -0.2) is 54.3 Å². The van der Waals surface area contributed by atoms with Crippen molar-refractivity contribution in [1.82, 2.24) is 65.2 Å². The molecule has 492 valence electrons. The predicted molar refractivity (Wildman–Crippen MR) is 345 cm³/mol. The molecular formula is C66H53N15O14S3+2. The molecule has 29 nitrogen and oxygen atoms in total. The molecule has 5 N–H and O–H groups in total. The van der Waals surface area contributed by atoms with E-state index in [1.54, 1.807) is 66.7 Å². The van der Waals surface area contributed by atoms with Crippen LogP contribution in [0.5, 0.6) is 0 Å². The van der Waals surface area contributed by atoms with E-state index >= 15 is 0 Å². The van der Waals surface area contributed by atoms with Gasteiger partial charge >= 0.3 is 0 Å². The Hall–Kier alpha value is -12.2. The normalized spacial score (nSPS) is 13.7. The molecule has 0 atom stereocenters. The summed E-state index contributed by atoms with van der Waals surface area (Å²) in [6, 6.07) is 36.0. The summed E-state index contributed by atoms with van der Waals surface area (Å²) in [6.07, 6.45) is 17.1. The van der Waals surface area contributed by atoms with Gasteiger partial charge in [0.2, 0.25) is 70.6 Å². The highest BCUT2D eigenvalue weighted by atomic mass is 32.2. The van der Waals surface area contributed by atoms with Gasteiger partial charge in [-0.3, -0.25) is 44.2 Å². The molecule has 3 amide bonds. The number of benzene rings is 3.